The van der Waals surface area contributed by atoms with Gasteiger partial charge in [0.25, 0.3) is 5.56 Å². The van der Waals surface area contributed by atoms with Crippen molar-refractivity contribution in [1.29, 1.82) is 0 Å². The molecule has 1 aliphatic rings. The summed E-state index contributed by atoms with van der Waals surface area (Å²) in [4.78, 5) is 33.8. The fraction of sp³-hybridized carbons (Fsp3) is 0.240. The first kappa shape index (κ1) is 21.5. The number of aromatic nitrogens is 2. The summed E-state index contributed by atoms with van der Waals surface area (Å²) in [6.45, 7) is 1.75. The number of carbonyl (C=O) groups excluding carboxylic acids is 1. The largest absolute Gasteiger partial charge is 0.367 e. The molecule has 0 spiro atoms. The van der Waals surface area contributed by atoms with Crippen LogP contribution in [0.1, 0.15) is 21.6 Å². The zero-order chi connectivity index (χ0) is 22.8. The monoisotopic (exact) mass is 463 g/mol. The van der Waals surface area contributed by atoms with E-state index in [2.05, 4.69) is 4.98 Å². The van der Waals surface area contributed by atoms with E-state index < -0.39 is 0 Å². The highest BCUT2D eigenvalue weighted by atomic mass is 32.1. The maximum absolute atomic E-state index is 13.2. The first-order chi connectivity index (χ1) is 16.1. The molecule has 3 heterocycles. The predicted octanol–water partition coefficient (Wildman–Crippen LogP) is 3.75. The molecule has 1 aliphatic heterocycles. The number of ether oxygens (including phenoxy) is 1. The number of nitrogens with zero attached hydrogens (tertiary/aromatic N) is 3. The Morgan fingerprint density at radius 2 is 1.88 bits per heavy atom. The van der Waals surface area contributed by atoms with Crippen LogP contribution >= 0.6 is 11.3 Å². The standard InChI is InChI=1S/C25H22FN3O3S/c26-19-8-6-17(7-9-19)12-29-16-27-24-23(25(29)31)20-10-11-28(13-21(20)33-24)22(30)15-32-14-18-4-2-1-3-5-18/h1-9,16H,10-15H2. The smallest absolute Gasteiger partial charge is 0.262 e. The third-order valence-electron chi connectivity index (χ3n) is 5.78. The zero-order valence-corrected chi connectivity index (χ0v) is 18.7. The molecule has 0 atom stereocenters. The van der Waals surface area contributed by atoms with Gasteiger partial charge >= 0.3 is 0 Å². The summed E-state index contributed by atoms with van der Waals surface area (Å²) in [5.41, 5.74) is 2.73. The lowest BCUT2D eigenvalue weighted by molar-refractivity contribution is -0.137. The van der Waals surface area contributed by atoms with E-state index in [-0.39, 0.29) is 23.9 Å². The second-order valence-electron chi connectivity index (χ2n) is 8.03. The van der Waals surface area contributed by atoms with Crippen LogP contribution in [0.2, 0.25) is 0 Å². The lowest BCUT2D eigenvalue weighted by Crippen LogP contribution is -2.37. The minimum Gasteiger partial charge on any atom is -0.367 e. The van der Waals surface area contributed by atoms with Crippen molar-refractivity contribution in [2.75, 3.05) is 13.2 Å². The third-order valence-corrected chi connectivity index (χ3v) is 6.91. The summed E-state index contributed by atoms with van der Waals surface area (Å²) in [6.07, 6.45) is 2.15. The third kappa shape index (κ3) is 4.58. The Hall–Kier alpha value is -3.36. The predicted molar refractivity (Wildman–Crippen MR) is 125 cm³/mol. The van der Waals surface area contributed by atoms with Crippen LogP contribution in [0.15, 0.2) is 65.7 Å². The molecule has 33 heavy (non-hydrogen) atoms. The molecule has 6 nitrogen and oxygen atoms in total. The van der Waals surface area contributed by atoms with E-state index in [0.717, 1.165) is 21.6 Å². The van der Waals surface area contributed by atoms with Crippen LogP contribution in [0.25, 0.3) is 10.2 Å². The van der Waals surface area contributed by atoms with Crippen molar-refractivity contribution in [1.82, 2.24) is 14.5 Å². The molecule has 4 aromatic rings. The summed E-state index contributed by atoms with van der Waals surface area (Å²) in [6, 6.07) is 15.8. The van der Waals surface area contributed by atoms with Crippen LogP contribution in [-0.4, -0.2) is 33.5 Å². The Bertz CT molecular complexity index is 1350. The second kappa shape index (κ2) is 9.25. The van der Waals surface area contributed by atoms with Crippen molar-refractivity contribution < 1.29 is 13.9 Å². The molecule has 0 aliphatic carbocycles. The van der Waals surface area contributed by atoms with Gasteiger partial charge in [-0.1, -0.05) is 42.5 Å². The normalized spacial score (nSPS) is 13.3. The molecule has 2 aromatic heterocycles. The Balaban J connectivity index is 1.29. The topological polar surface area (TPSA) is 64.4 Å². The molecule has 168 valence electrons. The molecule has 1 amide bonds. The highest BCUT2D eigenvalue weighted by Gasteiger charge is 2.26. The van der Waals surface area contributed by atoms with Crippen molar-refractivity contribution in [3.63, 3.8) is 0 Å². The molecule has 0 bridgehead atoms. The Morgan fingerprint density at radius 1 is 1.09 bits per heavy atom. The molecular formula is C25H22FN3O3S. The van der Waals surface area contributed by atoms with Crippen molar-refractivity contribution >= 4 is 27.5 Å². The molecule has 0 N–H and O–H groups in total. The maximum atomic E-state index is 13.2. The molecule has 5 rings (SSSR count). The number of thiophene rings is 1. The molecule has 8 heteroatoms. The quantitative estimate of drug-likeness (QED) is 0.437. The zero-order valence-electron chi connectivity index (χ0n) is 17.9. The van der Waals surface area contributed by atoms with Crippen LogP contribution in [0, 0.1) is 5.82 Å². The first-order valence-electron chi connectivity index (χ1n) is 10.7. The summed E-state index contributed by atoms with van der Waals surface area (Å²) < 4.78 is 20.3. The van der Waals surface area contributed by atoms with E-state index in [1.54, 1.807) is 21.6 Å². The Labute approximate surface area is 193 Å². The van der Waals surface area contributed by atoms with E-state index in [0.29, 0.717) is 42.9 Å². The number of amides is 1. The maximum Gasteiger partial charge on any atom is 0.262 e. The molecular weight excluding hydrogens is 441 g/mol. The summed E-state index contributed by atoms with van der Waals surface area (Å²) >= 11 is 1.46. The number of hydrogen-bond acceptors (Lipinski definition) is 5. The minimum absolute atomic E-state index is 0.0256. The number of benzene rings is 2. The molecule has 0 saturated heterocycles. The van der Waals surface area contributed by atoms with Gasteiger partial charge in [-0.15, -0.1) is 11.3 Å². The second-order valence-corrected chi connectivity index (χ2v) is 9.12. The van der Waals surface area contributed by atoms with Gasteiger partial charge in [-0.2, -0.15) is 0 Å². The van der Waals surface area contributed by atoms with Crippen LogP contribution in [0.5, 0.6) is 0 Å². The van der Waals surface area contributed by atoms with Gasteiger partial charge in [-0.05, 0) is 35.2 Å². The number of rotatable bonds is 6. The van der Waals surface area contributed by atoms with Crippen molar-refractivity contribution in [3.8, 4) is 0 Å². The van der Waals surface area contributed by atoms with E-state index in [1.165, 1.54) is 29.8 Å². The SMILES string of the molecule is O=C(COCc1ccccc1)N1CCc2c(sc3ncn(Cc4ccc(F)cc4)c(=O)c23)C1. The summed E-state index contributed by atoms with van der Waals surface area (Å²) in [7, 11) is 0. The van der Waals surface area contributed by atoms with Crippen molar-refractivity contribution in [2.45, 2.75) is 26.1 Å². The van der Waals surface area contributed by atoms with Gasteiger partial charge in [0.05, 0.1) is 31.4 Å². The first-order valence-corrected chi connectivity index (χ1v) is 11.5. The fourth-order valence-corrected chi connectivity index (χ4v) is 5.25. The molecule has 0 unspecified atom stereocenters. The Kier molecular flexibility index (Phi) is 6.02. The highest BCUT2D eigenvalue weighted by molar-refractivity contribution is 7.18. The van der Waals surface area contributed by atoms with Gasteiger partial charge in [-0.25, -0.2) is 9.37 Å². The number of fused-ring (bicyclic) bond motifs is 3. The number of halogens is 1. The summed E-state index contributed by atoms with van der Waals surface area (Å²) in [5, 5.41) is 0.632. The average molecular weight is 464 g/mol. The molecule has 2 aromatic carbocycles. The van der Waals surface area contributed by atoms with Gasteiger partial charge in [0.2, 0.25) is 5.91 Å². The van der Waals surface area contributed by atoms with Gasteiger partial charge in [0, 0.05) is 11.4 Å². The van der Waals surface area contributed by atoms with Crippen LogP contribution < -0.4 is 5.56 Å². The minimum atomic E-state index is -0.309. The average Bonchev–Trinajstić information content (AvgIpc) is 3.21. The van der Waals surface area contributed by atoms with Gasteiger partial charge in [0.1, 0.15) is 17.3 Å². The van der Waals surface area contributed by atoms with Crippen LogP contribution in [0.4, 0.5) is 4.39 Å². The van der Waals surface area contributed by atoms with Crippen LogP contribution in [-0.2, 0) is 35.6 Å². The fourth-order valence-electron chi connectivity index (χ4n) is 4.05. The van der Waals surface area contributed by atoms with Crippen molar-refractivity contribution in [2.24, 2.45) is 0 Å². The van der Waals surface area contributed by atoms with E-state index in [9.17, 15) is 14.0 Å². The van der Waals surface area contributed by atoms with Crippen LogP contribution in [0.3, 0.4) is 0 Å². The van der Waals surface area contributed by atoms with Crippen molar-refractivity contribution in [3.05, 3.63) is 98.7 Å². The van der Waals surface area contributed by atoms with E-state index in [4.69, 9.17) is 4.74 Å². The van der Waals surface area contributed by atoms with Gasteiger partial charge in [0.15, 0.2) is 0 Å². The molecule has 0 radical (unpaired) electrons. The van der Waals surface area contributed by atoms with Gasteiger partial charge in [-0.3, -0.25) is 14.2 Å². The lowest BCUT2D eigenvalue weighted by Gasteiger charge is -2.27. The molecule has 0 fully saturated rings. The lowest BCUT2D eigenvalue weighted by atomic mass is 10.1. The Morgan fingerprint density at radius 3 is 2.67 bits per heavy atom. The highest BCUT2D eigenvalue weighted by Crippen LogP contribution is 2.32. The number of carbonyl (C=O) groups is 1. The molecule has 0 saturated carbocycles. The van der Waals surface area contributed by atoms with Gasteiger partial charge < -0.3 is 9.64 Å². The van der Waals surface area contributed by atoms with E-state index >= 15 is 0 Å². The number of hydrogen-bond donors (Lipinski definition) is 0. The van der Waals surface area contributed by atoms with E-state index in [1.807, 2.05) is 30.3 Å². The summed E-state index contributed by atoms with van der Waals surface area (Å²) in [5.74, 6) is -0.369.